The Kier molecular flexibility index (Phi) is 4.81. The molecule has 1 aromatic carbocycles. The smallest absolute Gasteiger partial charge is 0.233 e. The number of amides is 2. The number of hydrogen-bond donors (Lipinski definition) is 2. The molecule has 0 radical (unpaired) electrons. The lowest BCUT2D eigenvalue weighted by Gasteiger charge is -2.43. The number of aliphatic hydroxyl groups is 1. The molecular weight excluding hydrogens is 470 g/mol. The van der Waals surface area contributed by atoms with Gasteiger partial charge >= 0.3 is 0 Å². The lowest BCUT2D eigenvalue weighted by atomic mass is 9.65. The van der Waals surface area contributed by atoms with Crippen molar-refractivity contribution >= 4 is 39.1 Å². The molecule has 158 valence electrons. The van der Waals surface area contributed by atoms with Gasteiger partial charge in [0, 0.05) is 26.7 Å². The van der Waals surface area contributed by atoms with E-state index in [9.17, 15) is 19.8 Å². The van der Waals surface area contributed by atoms with Crippen molar-refractivity contribution in [3.8, 4) is 5.75 Å². The highest BCUT2D eigenvalue weighted by Crippen LogP contribution is 2.58. The molecule has 2 saturated heterocycles. The van der Waals surface area contributed by atoms with Gasteiger partial charge in [-0.25, -0.2) is 0 Å². The standard InChI is InChI=1S/C22H22BrNO5S/c1-11-7-15-19(21(27)24(20(15)26)10-13-3-2-6-30-13)16-9-18(29-22(11,16)28)14-8-12(23)4-5-17(14)25/h2-6,8,11,15-16,18-19,25,28H,7,9-10H2,1H3/t11-,15-,16-,18-,19-,22+/m0/s1. The van der Waals surface area contributed by atoms with Crippen LogP contribution in [0, 0.1) is 23.7 Å². The lowest BCUT2D eigenvalue weighted by molar-refractivity contribution is -0.265. The van der Waals surface area contributed by atoms with Crippen molar-refractivity contribution in [3.05, 3.63) is 50.6 Å². The number of phenols is 1. The fourth-order valence-electron chi connectivity index (χ4n) is 5.40. The molecule has 1 aromatic heterocycles. The van der Waals surface area contributed by atoms with E-state index < -0.39 is 29.6 Å². The van der Waals surface area contributed by atoms with Gasteiger partial charge in [-0.2, -0.15) is 0 Å². The second-order valence-corrected chi connectivity index (χ2v) is 10.5. The summed E-state index contributed by atoms with van der Waals surface area (Å²) < 4.78 is 6.91. The Balaban J connectivity index is 1.48. The summed E-state index contributed by atoms with van der Waals surface area (Å²) in [6.07, 6.45) is 0.228. The molecule has 2 aliphatic heterocycles. The largest absolute Gasteiger partial charge is 0.508 e. The molecule has 3 fully saturated rings. The zero-order chi connectivity index (χ0) is 21.2. The van der Waals surface area contributed by atoms with E-state index in [-0.39, 0.29) is 30.0 Å². The maximum absolute atomic E-state index is 13.3. The zero-order valence-electron chi connectivity index (χ0n) is 16.3. The monoisotopic (exact) mass is 491 g/mol. The molecule has 6 atom stereocenters. The van der Waals surface area contributed by atoms with E-state index in [1.54, 1.807) is 18.2 Å². The summed E-state index contributed by atoms with van der Waals surface area (Å²) in [5.41, 5.74) is 0.572. The van der Waals surface area contributed by atoms with Crippen LogP contribution in [0.25, 0.3) is 0 Å². The van der Waals surface area contributed by atoms with Crippen LogP contribution < -0.4 is 0 Å². The molecule has 0 bridgehead atoms. The van der Waals surface area contributed by atoms with Crippen LogP contribution in [0.3, 0.4) is 0 Å². The number of likely N-dealkylation sites (tertiary alicyclic amines) is 1. The van der Waals surface area contributed by atoms with E-state index in [1.165, 1.54) is 16.2 Å². The summed E-state index contributed by atoms with van der Waals surface area (Å²) in [7, 11) is 0. The van der Waals surface area contributed by atoms with Crippen LogP contribution in [-0.2, 0) is 20.9 Å². The molecule has 0 spiro atoms. The van der Waals surface area contributed by atoms with Crippen LogP contribution in [0.4, 0.5) is 0 Å². The van der Waals surface area contributed by atoms with Crippen LogP contribution >= 0.6 is 27.3 Å². The van der Waals surface area contributed by atoms with E-state index in [2.05, 4.69) is 15.9 Å². The van der Waals surface area contributed by atoms with Gasteiger partial charge in [0.1, 0.15) is 5.75 Å². The van der Waals surface area contributed by atoms with Gasteiger partial charge in [0.2, 0.25) is 11.8 Å². The van der Waals surface area contributed by atoms with Crippen molar-refractivity contribution in [2.24, 2.45) is 23.7 Å². The molecule has 3 heterocycles. The zero-order valence-corrected chi connectivity index (χ0v) is 18.7. The third-order valence-corrected chi connectivity index (χ3v) is 8.23. The highest BCUT2D eigenvalue weighted by atomic mass is 79.9. The number of nitrogens with zero attached hydrogens (tertiary/aromatic N) is 1. The third kappa shape index (κ3) is 2.96. The second-order valence-electron chi connectivity index (χ2n) is 8.51. The van der Waals surface area contributed by atoms with Crippen molar-refractivity contribution in [2.75, 3.05) is 0 Å². The number of benzene rings is 1. The fraction of sp³-hybridized carbons (Fsp3) is 0.455. The van der Waals surface area contributed by atoms with Gasteiger partial charge in [0.25, 0.3) is 0 Å². The van der Waals surface area contributed by atoms with E-state index >= 15 is 0 Å². The van der Waals surface area contributed by atoms with Gasteiger partial charge in [-0.1, -0.05) is 28.9 Å². The third-order valence-electron chi connectivity index (χ3n) is 6.88. The summed E-state index contributed by atoms with van der Waals surface area (Å²) in [6.45, 7) is 2.14. The number of phenolic OH excluding ortho intramolecular Hbond substituents is 1. The minimum Gasteiger partial charge on any atom is -0.508 e. The van der Waals surface area contributed by atoms with E-state index in [0.717, 1.165) is 9.35 Å². The first kappa shape index (κ1) is 20.2. The molecule has 2 N–H and O–H groups in total. The Morgan fingerprint density at radius 2 is 2.07 bits per heavy atom. The van der Waals surface area contributed by atoms with Gasteiger partial charge in [0.05, 0.1) is 24.5 Å². The molecule has 6 nitrogen and oxygen atoms in total. The number of rotatable bonds is 3. The molecule has 0 unspecified atom stereocenters. The SMILES string of the molecule is C[C@H]1C[C@@H]2C(=O)N(Cc3cccs3)C(=O)[C@@H]2[C@@H]2C[C@@H](c3cc(Br)ccc3O)O[C@]12O. The number of carbonyl (C=O) groups excluding carboxylic acids is 2. The van der Waals surface area contributed by atoms with Crippen LogP contribution in [0.15, 0.2) is 40.2 Å². The van der Waals surface area contributed by atoms with Crippen LogP contribution in [0.5, 0.6) is 5.75 Å². The number of imide groups is 1. The molecule has 5 rings (SSSR count). The molecule has 1 saturated carbocycles. The minimum absolute atomic E-state index is 0.0859. The number of aromatic hydroxyl groups is 1. The van der Waals surface area contributed by atoms with Crippen molar-refractivity contribution in [3.63, 3.8) is 0 Å². The number of halogens is 1. The van der Waals surface area contributed by atoms with Crippen molar-refractivity contribution in [1.29, 1.82) is 0 Å². The molecule has 3 aliphatic rings. The maximum Gasteiger partial charge on any atom is 0.233 e. The van der Waals surface area contributed by atoms with Gasteiger partial charge in [-0.3, -0.25) is 14.5 Å². The Morgan fingerprint density at radius 1 is 1.27 bits per heavy atom. The van der Waals surface area contributed by atoms with Crippen molar-refractivity contribution in [2.45, 2.75) is 38.2 Å². The first-order valence-corrected chi connectivity index (χ1v) is 11.7. The minimum atomic E-state index is -1.50. The van der Waals surface area contributed by atoms with Gasteiger partial charge in [0.15, 0.2) is 5.79 Å². The highest BCUT2D eigenvalue weighted by molar-refractivity contribution is 9.10. The van der Waals surface area contributed by atoms with E-state index in [1.807, 2.05) is 24.4 Å². The van der Waals surface area contributed by atoms with Gasteiger partial charge < -0.3 is 14.9 Å². The maximum atomic E-state index is 13.3. The predicted molar refractivity (Wildman–Crippen MR) is 113 cm³/mol. The average Bonchev–Trinajstić information content (AvgIpc) is 3.39. The lowest BCUT2D eigenvalue weighted by Crippen LogP contribution is -2.52. The number of ether oxygens (including phenoxy) is 1. The van der Waals surface area contributed by atoms with Crippen LogP contribution in [-0.4, -0.2) is 32.7 Å². The topological polar surface area (TPSA) is 87.1 Å². The Morgan fingerprint density at radius 3 is 2.80 bits per heavy atom. The molecule has 30 heavy (non-hydrogen) atoms. The van der Waals surface area contributed by atoms with Crippen molar-refractivity contribution in [1.82, 2.24) is 4.90 Å². The summed E-state index contributed by atoms with van der Waals surface area (Å²) >= 11 is 4.92. The van der Waals surface area contributed by atoms with Gasteiger partial charge in [-0.05, 0) is 42.5 Å². The molecule has 2 amide bonds. The summed E-state index contributed by atoms with van der Waals surface area (Å²) in [5.74, 6) is -3.63. The summed E-state index contributed by atoms with van der Waals surface area (Å²) in [5, 5.41) is 23.7. The van der Waals surface area contributed by atoms with E-state index in [0.29, 0.717) is 18.4 Å². The average molecular weight is 492 g/mol. The number of carbonyl (C=O) groups is 2. The Bertz CT molecular complexity index is 1010. The summed E-state index contributed by atoms with van der Waals surface area (Å²) in [4.78, 5) is 28.7. The van der Waals surface area contributed by atoms with Crippen LogP contribution in [0.1, 0.15) is 36.3 Å². The molecular formula is C22H22BrNO5S. The highest BCUT2D eigenvalue weighted by Gasteiger charge is 2.65. The van der Waals surface area contributed by atoms with Crippen molar-refractivity contribution < 1.29 is 24.5 Å². The predicted octanol–water partition coefficient (Wildman–Crippen LogP) is 3.82. The number of hydrogen-bond acceptors (Lipinski definition) is 6. The van der Waals surface area contributed by atoms with Gasteiger partial charge in [-0.15, -0.1) is 11.3 Å². The first-order chi connectivity index (χ1) is 14.3. The molecule has 2 aromatic rings. The Hall–Kier alpha value is -1.74. The summed E-state index contributed by atoms with van der Waals surface area (Å²) in [6, 6.07) is 8.90. The molecule has 8 heteroatoms. The van der Waals surface area contributed by atoms with E-state index in [4.69, 9.17) is 4.74 Å². The second kappa shape index (κ2) is 7.15. The normalized spacial score (nSPS) is 35.6. The Labute approximate surface area is 186 Å². The number of thiophene rings is 1. The quantitative estimate of drug-likeness (QED) is 0.637. The first-order valence-electron chi connectivity index (χ1n) is 10.1. The van der Waals surface area contributed by atoms with Crippen LogP contribution in [0.2, 0.25) is 0 Å². The fourth-order valence-corrected chi connectivity index (χ4v) is 6.47. The number of fused-ring (bicyclic) bond motifs is 3. The molecule has 1 aliphatic carbocycles.